The Balaban J connectivity index is 3.55. The maximum absolute atomic E-state index is 12.5. The smallest absolute Gasteiger partial charge is 0.417 e. The van der Waals surface area contributed by atoms with Crippen molar-refractivity contribution in [1.82, 2.24) is 0 Å². The molecule has 1 N–H and O–H groups in total. The van der Waals surface area contributed by atoms with Gasteiger partial charge in [-0.25, -0.2) is 0 Å². The molecular weight excluding hydrogens is 209 g/mol. The highest BCUT2D eigenvalue weighted by atomic mass is 19.4. The van der Waals surface area contributed by atoms with E-state index in [9.17, 15) is 23.1 Å². The van der Waals surface area contributed by atoms with Crippen LogP contribution in [0.25, 0.3) is 0 Å². The maximum atomic E-state index is 12.5. The van der Waals surface area contributed by atoms with Gasteiger partial charge in [0.05, 0.1) is 5.56 Å². The van der Waals surface area contributed by atoms with Crippen molar-refractivity contribution in [2.75, 3.05) is 0 Å². The second-order valence-electron chi connectivity index (χ2n) is 3.19. The van der Waals surface area contributed by atoms with Crippen molar-refractivity contribution in [1.29, 1.82) is 0 Å². The van der Waals surface area contributed by atoms with Crippen LogP contribution in [0.15, 0.2) is 12.1 Å². The summed E-state index contributed by atoms with van der Waals surface area (Å²) in [6.07, 6.45) is -4.58. The maximum Gasteiger partial charge on any atom is 0.417 e. The number of carbonyl (C=O) groups is 1. The number of hydrogen-bond donors (Lipinski definition) is 1. The molecule has 2 nitrogen and oxygen atoms in total. The van der Waals surface area contributed by atoms with Gasteiger partial charge < -0.3 is 5.11 Å². The first-order chi connectivity index (χ1) is 6.75. The monoisotopic (exact) mass is 218 g/mol. The molecule has 0 spiro atoms. The summed E-state index contributed by atoms with van der Waals surface area (Å²) in [4.78, 5) is 11.1. The Kier molecular flexibility index (Phi) is 2.75. The fourth-order valence-corrected chi connectivity index (χ4v) is 1.39. The topological polar surface area (TPSA) is 37.3 Å². The molecule has 0 aliphatic heterocycles. The highest BCUT2D eigenvalue weighted by Crippen LogP contribution is 2.36. The molecule has 1 rings (SSSR count). The van der Waals surface area contributed by atoms with E-state index in [0.29, 0.717) is 6.07 Å². The summed E-state index contributed by atoms with van der Waals surface area (Å²) < 4.78 is 37.5. The number of ketones is 1. The van der Waals surface area contributed by atoms with Gasteiger partial charge in [-0.3, -0.25) is 4.79 Å². The molecule has 1 aromatic rings. The predicted molar refractivity (Wildman–Crippen MR) is 47.9 cm³/mol. The lowest BCUT2D eigenvalue weighted by atomic mass is 9.97. The fourth-order valence-electron chi connectivity index (χ4n) is 1.39. The molecule has 0 atom stereocenters. The predicted octanol–water partition coefficient (Wildman–Crippen LogP) is 2.92. The van der Waals surface area contributed by atoms with Gasteiger partial charge in [-0.1, -0.05) is 0 Å². The third kappa shape index (κ3) is 2.11. The van der Waals surface area contributed by atoms with Crippen molar-refractivity contribution in [3.05, 3.63) is 28.8 Å². The SMILES string of the molecule is CC(=O)c1c(C(F)(F)F)ccc(O)c1C. The number of phenols is 1. The van der Waals surface area contributed by atoms with E-state index in [0.717, 1.165) is 13.0 Å². The van der Waals surface area contributed by atoms with Gasteiger partial charge in [-0.05, 0) is 26.0 Å². The minimum absolute atomic E-state index is 0.0441. The highest BCUT2D eigenvalue weighted by molar-refractivity contribution is 5.97. The molecular formula is C10H9F3O2. The van der Waals surface area contributed by atoms with Crippen LogP contribution in [0.2, 0.25) is 0 Å². The van der Waals surface area contributed by atoms with E-state index in [1.807, 2.05) is 0 Å². The van der Waals surface area contributed by atoms with Crippen molar-refractivity contribution in [2.45, 2.75) is 20.0 Å². The Labute approximate surface area is 84.3 Å². The molecule has 82 valence electrons. The van der Waals surface area contributed by atoms with Gasteiger partial charge in [0.1, 0.15) is 5.75 Å². The number of benzene rings is 1. The van der Waals surface area contributed by atoms with E-state index in [4.69, 9.17) is 0 Å². The molecule has 0 heterocycles. The number of phenolic OH excluding ortho intramolecular Hbond substituents is 1. The summed E-state index contributed by atoms with van der Waals surface area (Å²) in [7, 11) is 0. The van der Waals surface area contributed by atoms with Crippen molar-refractivity contribution >= 4 is 5.78 Å². The van der Waals surface area contributed by atoms with Gasteiger partial charge in [-0.2, -0.15) is 13.2 Å². The van der Waals surface area contributed by atoms with E-state index in [-0.39, 0.29) is 11.3 Å². The number of alkyl halides is 3. The van der Waals surface area contributed by atoms with Gasteiger partial charge in [-0.15, -0.1) is 0 Å². The van der Waals surface area contributed by atoms with Crippen LogP contribution in [0, 0.1) is 6.92 Å². The molecule has 0 fully saturated rings. The Bertz CT molecular complexity index is 408. The van der Waals surface area contributed by atoms with E-state index in [1.165, 1.54) is 6.92 Å². The largest absolute Gasteiger partial charge is 0.508 e. The zero-order valence-electron chi connectivity index (χ0n) is 8.14. The minimum Gasteiger partial charge on any atom is -0.508 e. The van der Waals surface area contributed by atoms with Gasteiger partial charge >= 0.3 is 6.18 Å². The van der Waals surface area contributed by atoms with Crippen molar-refractivity contribution in [3.8, 4) is 5.75 Å². The summed E-state index contributed by atoms with van der Waals surface area (Å²) in [5, 5.41) is 9.22. The molecule has 0 saturated heterocycles. The Morgan fingerprint density at radius 1 is 1.33 bits per heavy atom. The van der Waals surface area contributed by atoms with E-state index in [2.05, 4.69) is 0 Å². The molecule has 0 aliphatic carbocycles. The number of halogens is 3. The molecule has 0 aromatic heterocycles. The average Bonchev–Trinajstić information content (AvgIpc) is 2.06. The lowest BCUT2D eigenvalue weighted by Gasteiger charge is -2.13. The summed E-state index contributed by atoms with van der Waals surface area (Å²) >= 11 is 0. The molecule has 0 radical (unpaired) electrons. The second-order valence-corrected chi connectivity index (χ2v) is 3.19. The lowest BCUT2D eigenvalue weighted by Crippen LogP contribution is -2.13. The zero-order chi connectivity index (χ0) is 11.8. The lowest BCUT2D eigenvalue weighted by molar-refractivity contribution is -0.138. The molecule has 0 bridgehead atoms. The van der Waals surface area contributed by atoms with Crippen LogP contribution < -0.4 is 0 Å². The van der Waals surface area contributed by atoms with Gasteiger partial charge in [0.15, 0.2) is 5.78 Å². The van der Waals surface area contributed by atoms with Gasteiger partial charge in [0.25, 0.3) is 0 Å². The van der Waals surface area contributed by atoms with Crippen LogP contribution in [0.3, 0.4) is 0 Å². The first kappa shape index (κ1) is 11.6. The standard InChI is InChI=1S/C10H9F3O2/c1-5-8(15)4-3-7(10(11,12)13)9(5)6(2)14/h3-4,15H,1-2H3. The van der Waals surface area contributed by atoms with E-state index < -0.39 is 23.1 Å². The normalized spacial score (nSPS) is 11.5. The zero-order valence-corrected chi connectivity index (χ0v) is 8.14. The quantitative estimate of drug-likeness (QED) is 0.736. The van der Waals surface area contributed by atoms with Crippen LogP contribution in [0.1, 0.15) is 28.4 Å². The number of rotatable bonds is 1. The summed E-state index contributed by atoms with van der Waals surface area (Å²) in [6.45, 7) is 2.32. The summed E-state index contributed by atoms with van der Waals surface area (Å²) in [6, 6.07) is 1.64. The third-order valence-corrected chi connectivity index (χ3v) is 2.09. The van der Waals surface area contributed by atoms with Crippen LogP contribution in [-0.4, -0.2) is 10.9 Å². The summed E-state index contributed by atoms with van der Waals surface area (Å²) in [5.41, 5.74) is -1.52. The molecule has 5 heteroatoms. The van der Waals surface area contributed by atoms with Crippen molar-refractivity contribution < 1.29 is 23.1 Å². The Morgan fingerprint density at radius 2 is 1.87 bits per heavy atom. The van der Waals surface area contributed by atoms with E-state index >= 15 is 0 Å². The van der Waals surface area contributed by atoms with Crippen molar-refractivity contribution in [2.24, 2.45) is 0 Å². The number of carbonyl (C=O) groups excluding carboxylic acids is 1. The first-order valence-electron chi connectivity index (χ1n) is 4.16. The third-order valence-electron chi connectivity index (χ3n) is 2.09. The molecule has 0 saturated carbocycles. The molecule has 0 unspecified atom stereocenters. The minimum atomic E-state index is -4.58. The van der Waals surface area contributed by atoms with Crippen molar-refractivity contribution in [3.63, 3.8) is 0 Å². The van der Waals surface area contributed by atoms with Crippen LogP contribution in [0.4, 0.5) is 13.2 Å². The Hall–Kier alpha value is -1.52. The van der Waals surface area contributed by atoms with Crippen LogP contribution in [-0.2, 0) is 6.18 Å². The summed E-state index contributed by atoms with van der Waals surface area (Å²) in [5.74, 6) is -1.02. The second kappa shape index (κ2) is 3.56. The van der Waals surface area contributed by atoms with Crippen LogP contribution >= 0.6 is 0 Å². The van der Waals surface area contributed by atoms with Gasteiger partial charge in [0.2, 0.25) is 0 Å². The number of Topliss-reactive ketones (excluding diaryl/α,β-unsaturated/α-hetero) is 1. The molecule has 1 aromatic carbocycles. The van der Waals surface area contributed by atoms with E-state index in [1.54, 1.807) is 0 Å². The number of aromatic hydroxyl groups is 1. The average molecular weight is 218 g/mol. The molecule has 0 amide bonds. The fraction of sp³-hybridized carbons (Fsp3) is 0.300. The van der Waals surface area contributed by atoms with Gasteiger partial charge in [0, 0.05) is 11.1 Å². The molecule has 15 heavy (non-hydrogen) atoms. The number of hydrogen-bond acceptors (Lipinski definition) is 2. The first-order valence-corrected chi connectivity index (χ1v) is 4.16. The van der Waals surface area contributed by atoms with Crippen LogP contribution in [0.5, 0.6) is 5.75 Å². The Morgan fingerprint density at radius 3 is 2.27 bits per heavy atom. The molecule has 0 aliphatic rings. The highest BCUT2D eigenvalue weighted by Gasteiger charge is 2.35.